The van der Waals surface area contributed by atoms with E-state index in [1.807, 2.05) is 48.5 Å². The number of hydrogen-bond acceptors (Lipinski definition) is 6. The highest BCUT2D eigenvalue weighted by atomic mass is 15.1. The second-order valence-corrected chi connectivity index (χ2v) is 16.8. The lowest BCUT2D eigenvalue weighted by molar-refractivity contribution is 0.754. The zero-order valence-electron chi connectivity index (χ0n) is 35.1. The maximum Gasteiger partial charge on any atom is 0.160 e. The fourth-order valence-corrected chi connectivity index (χ4v) is 10.1. The predicted octanol–water partition coefficient (Wildman–Crippen LogP) is 12.0. The molecule has 4 heterocycles. The van der Waals surface area contributed by atoms with Crippen molar-refractivity contribution in [2.75, 3.05) is 0 Å². The highest BCUT2D eigenvalue weighted by molar-refractivity contribution is 5.83. The molecule has 3 aliphatic rings. The average Bonchev–Trinajstić information content (AvgIpc) is 3.89. The molecule has 7 aromatic carbocycles. The Balaban J connectivity index is 0.949. The molecule has 302 valence electrons. The lowest BCUT2D eigenvalue weighted by atomic mass is 9.61. The van der Waals surface area contributed by atoms with Crippen LogP contribution >= 0.6 is 0 Å². The molecule has 0 spiro atoms. The SMILES string of the molecule is Cn1c(-c2cc(-c3ccccc3)nc(-c3ccc4c(c3)C3c5ccccc5C4c4cc(-c5nc(-c6ccccc6)cc(-c6nc7ccccc7n6C)n5)ccc43)n2)nc2ccccc21. The first kappa shape index (κ1) is 36.3. The summed E-state index contributed by atoms with van der Waals surface area (Å²) < 4.78 is 4.24. The fourth-order valence-electron chi connectivity index (χ4n) is 10.1. The zero-order chi connectivity index (χ0) is 42.5. The molecule has 0 saturated heterocycles. The summed E-state index contributed by atoms with van der Waals surface area (Å²) in [7, 11) is 4.11. The zero-order valence-corrected chi connectivity index (χ0v) is 35.1. The number of imidazole rings is 2. The van der Waals surface area contributed by atoms with E-state index in [9.17, 15) is 0 Å². The van der Waals surface area contributed by atoms with Crippen molar-refractivity contribution >= 4 is 22.1 Å². The van der Waals surface area contributed by atoms with Gasteiger partial charge in [-0.05, 0) is 81.9 Å². The standard InChI is InChI=1S/C56H38N8/c1-63-49-23-13-11-21-43(49)61-55(63)47-31-45(33-15-5-3-6-16-33)57-53(59-47)35-25-27-39-41(29-35)51-37-19-9-10-20-38(37)52(39)42-30-36(26-28-40(42)51)54-58-46(34-17-7-4-8-18-34)32-48(60-54)56-62-44-22-12-14-24-50(44)64(56)2/h3-32,51-52H,1-2H3. The van der Waals surface area contributed by atoms with Crippen molar-refractivity contribution in [3.8, 4) is 68.3 Å². The highest BCUT2D eigenvalue weighted by Gasteiger charge is 2.41. The number of benzene rings is 7. The van der Waals surface area contributed by atoms with E-state index in [4.69, 9.17) is 29.9 Å². The van der Waals surface area contributed by atoms with Crippen LogP contribution in [0.25, 0.3) is 90.4 Å². The maximum atomic E-state index is 5.26. The van der Waals surface area contributed by atoms with Gasteiger partial charge in [0.05, 0.1) is 33.5 Å². The van der Waals surface area contributed by atoms with Crippen molar-refractivity contribution in [3.63, 3.8) is 0 Å². The molecule has 2 bridgehead atoms. The van der Waals surface area contributed by atoms with Crippen LogP contribution < -0.4 is 0 Å². The van der Waals surface area contributed by atoms with Crippen LogP contribution in [0.15, 0.2) is 182 Å². The topological polar surface area (TPSA) is 87.2 Å². The molecule has 0 radical (unpaired) electrons. The number of fused-ring (bicyclic) bond motifs is 2. The van der Waals surface area contributed by atoms with Crippen molar-refractivity contribution < 1.29 is 0 Å². The minimum Gasteiger partial charge on any atom is -0.326 e. The van der Waals surface area contributed by atoms with Gasteiger partial charge in [-0.3, -0.25) is 0 Å². The summed E-state index contributed by atoms with van der Waals surface area (Å²) in [5.74, 6) is 3.01. The minimum atomic E-state index is 0.0314. The van der Waals surface area contributed by atoms with Gasteiger partial charge in [0.15, 0.2) is 23.3 Å². The van der Waals surface area contributed by atoms with E-state index in [2.05, 4.69) is 157 Å². The van der Waals surface area contributed by atoms with E-state index in [1.165, 1.54) is 33.4 Å². The van der Waals surface area contributed by atoms with Gasteiger partial charge in [0.1, 0.15) is 11.4 Å². The lowest BCUT2D eigenvalue weighted by Crippen LogP contribution is -2.27. The molecular formula is C56H38N8. The van der Waals surface area contributed by atoms with Gasteiger partial charge in [-0.15, -0.1) is 0 Å². The minimum absolute atomic E-state index is 0.0314. The Hall–Kier alpha value is -8.36. The fraction of sp³-hybridized carbons (Fsp3) is 0.0714. The molecule has 0 fully saturated rings. The summed E-state index contributed by atoms with van der Waals surface area (Å²) in [5, 5.41) is 0. The second-order valence-electron chi connectivity index (χ2n) is 16.8. The first-order valence-corrected chi connectivity index (χ1v) is 21.6. The lowest BCUT2D eigenvalue weighted by Gasteiger charge is -2.42. The van der Waals surface area contributed by atoms with Gasteiger partial charge in [-0.2, -0.15) is 0 Å². The van der Waals surface area contributed by atoms with Crippen molar-refractivity contribution in [3.05, 3.63) is 215 Å². The Labute approximate surface area is 369 Å². The van der Waals surface area contributed by atoms with E-state index in [-0.39, 0.29) is 11.8 Å². The third kappa shape index (κ3) is 5.62. The van der Waals surface area contributed by atoms with Crippen LogP contribution in [0.5, 0.6) is 0 Å². The van der Waals surface area contributed by atoms with Crippen LogP contribution in [0.2, 0.25) is 0 Å². The van der Waals surface area contributed by atoms with E-state index in [0.717, 1.165) is 78.7 Å². The normalized spacial score (nSPS) is 14.7. The van der Waals surface area contributed by atoms with Crippen LogP contribution in [0, 0.1) is 0 Å². The Morgan fingerprint density at radius 2 is 0.688 bits per heavy atom. The quantitative estimate of drug-likeness (QED) is 0.166. The number of nitrogens with zero attached hydrogens (tertiary/aromatic N) is 8. The second kappa shape index (κ2) is 14.1. The summed E-state index contributed by atoms with van der Waals surface area (Å²) >= 11 is 0. The molecule has 0 N–H and O–H groups in total. The van der Waals surface area contributed by atoms with Gasteiger partial charge in [0.2, 0.25) is 0 Å². The Kier molecular flexibility index (Phi) is 7.99. The number of aromatic nitrogens is 8. The van der Waals surface area contributed by atoms with Crippen LogP contribution in [0.1, 0.15) is 45.2 Å². The molecule has 0 amide bonds. The third-order valence-corrected chi connectivity index (χ3v) is 13.2. The Morgan fingerprint density at radius 1 is 0.312 bits per heavy atom. The van der Waals surface area contributed by atoms with Gasteiger partial charge in [0.25, 0.3) is 0 Å². The Morgan fingerprint density at radius 3 is 1.12 bits per heavy atom. The van der Waals surface area contributed by atoms with Crippen molar-refractivity contribution in [1.82, 2.24) is 39.0 Å². The number of para-hydroxylation sites is 4. The first-order chi connectivity index (χ1) is 31.5. The predicted molar refractivity (Wildman–Crippen MR) is 254 cm³/mol. The molecule has 2 unspecified atom stereocenters. The molecule has 2 atom stereocenters. The highest BCUT2D eigenvalue weighted by Crippen LogP contribution is 2.56. The number of rotatable bonds is 6. The molecule has 3 aliphatic carbocycles. The molecule has 64 heavy (non-hydrogen) atoms. The van der Waals surface area contributed by atoms with Crippen molar-refractivity contribution in [2.24, 2.45) is 14.1 Å². The van der Waals surface area contributed by atoms with E-state index < -0.39 is 0 Å². The average molecular weight is 823 g/mol. The van der Waals surface area contributed by atoms with Gasteiger partial charge >= 0.3 is 0 Å². The summed E-state index contributed by atoms with van der Waals surface area (Å²) in [5.41, 5.74) is 19.1. The van der Waals surface area contributed by atoms with Gasteiger partial charge in [0, 0.05) is 48.2 Å². The van der Waals surface area contributed by atoms with Crippen LogP contribution in [0.3, 0.4) is 0 Å². The van der Waals surface area contributed by atoms with Crippen molar-refractivity contribution in [1.29, 1.82) is 0 Å². The molecule has 8 heteroatoms. The van der Waals surface area contributed by atoms with E-state index in [1.54, 1.807) is 0 Å². The third-order valence-electron chi connectivity index (χ3n) is 13.2. The van der Waals surface area contributed by atoms with Gasteiger partial charge in [-0.1, -0.05) is 133 Å². The number of aryl methyl sites for hydroxylation is 2. The summed E-state index contributed by atoms with van der Waals surface area (Å²) in [6, 6.07) is 63.8. The molecule has 11 aromatic rings. The molecule has 0 aliphatic heterocycles. The van der Waals surface area contributed by atoms with Crippen LogP contribution in [0.4, 0.5) is 0 Å². The summed E-state index contributed by atoms with van der Waals surface area (Å²) in [6.45, 7) is 0. The molecule has 8 nitrogen and oxygen atoms in total. The maximum absolute atomic E-state index is 5.26. The van der Waals surface area contributed by atoms with E-state index >= 15 is 0 Å². The smallest absolute Gasteiger partial charge is 0.160 e. The molecule has 0 saturated carbocycles. The monoisotopic (exact) mass is 822 g/mol. The van der Waals surface area contributed by atoms with Crippen LogP contribution in [-0.4, -0.2) is 39.0 Å². The summed E-state index contributed by atoms with van der Waals surface area (Å²) in [6.07, 6.45) is 0. The van der Waals surface area contributed by atoms with Gasteiger partial charge < -0.3 is 9.13 Å². The molecule has 14 rings (SSSR count). The summed E-state index contributed by atoms with van der Waals surface area (Å²) in [4.78, 5) is 31.1. The van der Waals surface area contributed by atoms with Crippen molar-refractivity contribution in [2.45, 2.75) is 11.8 Å². The van der Waals surface area contributed by atoms with Gasteiger partial charge in [-0.25, -0.2) is 29.9 Å². The first-order valence-electron chi connectivity index (χ1n) is 21.6. The Bertz CT molecular complexity index is 3420. The largest absolute Gasteiger partial charge is 0.326 e. The van der Waals surface area contributed by atoms with E-state index in [0.29, 0.717) is 11.6 Å². The van der Waals surface area contributed by atoms with Crippen LogP contribution in [-0.2, 0) is 14.1 Å². The number of hydrogen-bond donors (Lipinski definition) is 0. The molecule has 4 aromatic heterocycles. The molecular weight excluding hydrogens is 785 g/mol.